The Morgan fingerprint density at radius 1 is 1.35 bits per heavy atom. The summed E-state index contributed by atoms with van der Waals surface area (Å²) in [5.41, 5.74) is 2.37. The average molecular weight is 248 g/mol. The molecule has 88 valence electrons. The van der Waals surface area contributed by atoms with Crippen molar-refractivity contribution in [3.05, 3.63) is 40.8 Å². The standard InChI is InChI=1S/C13H12O3S/c1-8-3-4-11(16-2)10(5-8)12-6-9(7-17-12)13(14)15/h3-7H,1-2H3,(H,14,15). The predicted octanol–water partition coefficient (Wildman–Crippen LogP) is 3.43. The fraction of sp³-hybridized carbons (Fsp3) is 0.154. The van der Waals surface area contributed by atoms with E-state index in [2.05, 4.69) is 0 Å². The summed E-state index contributed by atoms with van der Waals surface area (Å²) in [4.78, 5) is 11.7. The molecule has 0 aliphatic rings. The Morgan fingerprint density at radius 3 is 2.71 bits per heavy atom. The van der Waals surface area contributed by atoms with Gasteiger partial charge in [0.1, 0.15) is 5.75 Å². The zero-order valence-electron chi connectivity index (χ0n) is 9.56. The summed E-state index contributed by atoms with van der Waals surface area (Å²) in [6.45, 7) is 1.99. The summed E-state index contributed by atoms with van der Waals surface area (Å²) in [7, 11) is 1.61. The van der Waals surface area contributed by atoms with Crippen molar-refractivity contribution in [3.63, 3.8) is 0 Å². The van der Waals surface area contributed by atoms with Crippen LogP contribution in [0.2, 0.25) is 0 Å². The number of methoxy groups -OCH3 is 1. The summed E-state index contributed by atoms with van der Waals surface area (Å²) >= 11 is 1.41. The van der Waals surface area contributed by atoms with E-state index < -0.39 is 5.97 Å². The Bertz CT molecular complexity index is 558. The number of carboxylic acid groups (broad SMARTS) is 1. The summed E-state index contributed by atoms with van der Waals surface area (Å²) in [5.74, 6) is -0.145. The number of aryl methyl sites for hydroxylation is 1. The lowest BCUT2D eigenvalue weighted by Crippen LogP contribution is -1.92. The Hall–Kier alpha value is -1.81. The molecule has 2 aromatic rings. The van der Waals surface area contributed by atoms with Gasteiger partial charge in [-0.2, -0.15) is 0 Å². The van der Waals surface area contributed by atoms with Gasteiger partial charge in [-0.3, -0.25) is 0 Å². The fourth-order valence-corrected chi connectivity index (χ4v) is 2.51. The second kappa shape index (κ2) is 4.59. The molecule has 2 rings (SSSR count). The van der Waals surface area contributed by atoms with Gasteiger partial charge < -0.3 is 9.84 Å². The van der Waals surface area contributed by atoms with Crippen molar-refractivity contribution < 1.29 is 14.6 Å². The van der Waals surface area contributed by atoms with Crippen LogP contribution in [0.4, 0.5) is 0 Å². The summed E-state index contributed by atoms with van der Waals surface area (Å²) in [6.07, 6.45) is 0. The minimum Gasteiger partial charge on any atom is -0.496 e. The van der Waals surface area contributed by atoms with Crippen molar-refractivity contribution in [2.24, 2.45) is 0 Å². The van der Waals surface area contributed by atoms with Gasteiger partial charge in [0.05, 0.1) is 12.7 Å². The van der Waals surface area contributed by atoms with E-state index in [1.165, 1.54) is 11.3 Å². The molecule has 0 atom stereocenters. The molecule has 3 nitrogen and oxygen atoms in total. The summed E-state index contributed by atoms with van der Waals surface area (Å²) in [6, 6.07) is 7.53. The van der Waals surface area contributed by atoms with E-state index in [0.29, 0.717) is 5.56 Å². The number of benzene rings is 1. The molecular weight excluding hydrogens is 236 g/mol. The smallest absolute Gasteiger partial charge is 0.336 e. The monoisotopic (exact) mass is 248 g/mol. The maximum absolute atomic E-state index is 10.8. The van der Waals surface area contributed by atoms with Gasteiger partial charge in [-0.25, -0.2) is 4.79 Å². The first-order chi connectivity index (χ1) is 8.11. The third kappa shape index (κ3) is 2.31. The first-order valence-electron chi connectivity index (χ1n) is 5.08. The van der Waals surface area contributed by atoms with Gasteiger partial charge in [0.15, 0.2) is 0 Å². The van der Waals surface area contributed by atoms with Gasteiger partial charge in [-0.05, 0) is 25.1 Å². The van der Waals surface area contributed by atoms with E-state index in [0.717, 1.165) is 21.8 Å². The topological polar surface area (TPSA) is 46.5 Å². The van der Waals surface area contributed by atoms with Gasteiger partial charge in [0.25, 0.3) is 0 Å². The van der Waals surface area contributed by atoms with Crippen molar-refractivity contribution in [2.75, 3.05) is 7.11 Å². The molecule has 0 aliphatic carbocycles. The zero-order chi connectivity index (χ0) is 12.4. The van der Waals surface area contributed by atoms with Gasteiger partial charge in [-0.1, -0.05) is 11.6 Å². The Kier molecular flexibility index (Phi) is 3.15. The van der Waals surface area contributed by atoms with Crippen LogP contribution in [-0.2, 0) is 0 Å². The lowest BCUT2D eigenvalue weighted by molar-refractivity contribution is 0.0697. The quantitative estimate of drug-likeness (QED) is 0.905. The molecule has 1 heterocycles. The van der Waals surface area contributed by atoms with Crippen LogP contribution < -0.4 is 4.74 Å². The van der Waals surface area contributed by atoms with Crippen molar-refractivity contribution in [2.45, 2.75) is 6.92 Å². The number of hydrogen-bond donors (Lipinski definition) is 1. The van der Waals surface area contributed by atoms with Crippen molar-refractivity contribution in [1.82, 2.24) is 0 Å². The second-order valence-electron chi connectivity index (χ2n) is 3.71. The number of thiophene rings is 1. The first-order valence-corrected chi connectivity index (χ1v) is 5.96. The molecule has 0 fully saturated rings. The van der Waals surface area contributed by atoms with Gasteiger partial charge in [-0.15, -0.1) is 11.3 Å². The minimum atomic E-state index is -0.904. The molecule has 0 unspecified atom stereocenters. The Morgan fingerprint density at radius 2 is 2.12 bits per heavy atom. The maximum atomic E-state index is 10.8. The Labute approximate surface area is 103 Å². The highest BCUT2D eigenvalue weighted by Gasteiger charge is 2.11. The lowest BCUT2D eigenvalue weighted by Gasteiger charge is -2.07. The van der Waals surface area contributed by atoms with Gasteiger partial charge >= 0.3 is 5.97 Å². The minimum absolute atomic E-state index is 0.313. The molecule has 1 aromatic heterocycles. The molecule has 1 aromatic carbocycles. The molecule has 0 amide bonds. The molecule has 0 saturated heterocycles. The van der Waals surface area contributed by atoms with Crippen LogP contribution in [0.5, 0.6) is 5.75 Å². The highest BCUT2D eigenvalue weighted by Crippen LogP contribution is 2.35. The van der Waals surface area contributed by atoms with Crippen LogP contribution in [0, 0.1) is 6.92 Å². The third-order valence-electron chi connectivity index (χ3n) is 2.47. The molecule has 4 heteroatoms. The van der Waals surface area contributed by atoms with Crippen molar-refractivity contribution in [1.29, 1.82) is 0 Å². The zero-order valence-corrected chi connectivity index (χ0v) is 10.4. The SMILES string of the molecule is COc1ccc(C)cc1-c1cc(C(=O)O)cs1. The Balaban J connectivity index is 2.51. The molecule has 1 N–H and O–H groups in total. The predicted molar refractivity (Wildman–Crippen MR) is 68.0 cm³/mol. The van der Waals surface area contributed by atoms with E-state index in [1.54, 1.807) is 18.6 Å². The molecule has 17 heavy (non-hydrogen) atoms. The van der Waals surface area contributed by atoms with Crippen LogP contribution in [0.3, 0.4) is 0 Å². The normalized spacial score (nSPS) is 10.2. The molecule has 0 saturated carbocycles. The molecular formula is C13H12O3S. The van der Waals surface area contributed by atoms with Crippen LogP contribution in [-0.4, -0.2) is 18.2 Å². The van der Waals surface area contributed by atoms with E-state index in [1.807, 2.05) is 25.1 Å². The number of ether oxygens (including phenoxy) is 1. The van der Waals surface area contributed by atoms with Gasteiger partial charge in [0, 0.05) is 15.8 Å². The van der Waals surface area contributed by atoms with E-state index in [-0.39, 0.29) is 0 Å². The lowest BCUT2D eigenvalue weighted by atomic mass is 10.1. The van der Waals surface area contributed by atoms with E-state index in [9.17, 15) is 4.79 Å². The van der Waals surface area contributed by atoms with Crippen molar-refractivity contribution in [3.8, 4) is 16.2 Å². The third-order valence-corrected chi connectivity index (χ3v) is 3.43. The molecule has 0 aliphatic heterocycles. The van der Waals surface area contributed by atoms with Crippen LogP contribution in [0.1, 0.15) is 15.9 Å². The number of carboxylic acids is 1. The number of rotatable bonds is 3. The molecule has 0 radical (unpaired) electrons. The maximum Gasteiger partial charge on any atom is 0.336 e. The highest BCUT2D eigenvalue weighted by atomic mass is 32.1. The largest absolute Gasteiger partial charge is 0.496 e. The number of hydrogen-bond acceptors (Lipinski definition) is 3. The molecule has 0 spiro atoms. The van der Waals surface area contributed by atoms with Crippen LogP contribution in [0.15, 0.2) is 29.6 Å². The highest BCUT2D eigenvalue weighted by molar-refractivity contribution is 7.13. The number of carbonyl (C=O) groups is 1. The van der Waals surface area contributed by atoms with Crippen LogP contribution in [0.25, 0.3) is 10.4 Å². The van der Waals surface area contributed by atoms with Gasteiger partial charge in [0.2, 0.25) is 0 Å². The van der Waals surface area contributed by atoms with Crippen molar-refractivity contribution >= 4 is 17.3 Å². The fourth-order valence-electron chi connectivity index (χ4n) is 1.60. The average Bonchev–Trinajstić information content (AvgIpc) is 2.78. The summed E-state index contributed by atoms with van der Waals surface area (Å²) < 4.78 is 5.28. The number of aromatic carboxylic acids is 1. The first kappa shape index (κ1) is 11.7. The molecule has 0 bridgehead atoms. The summed E-state index contributed by atoms with van der Waals surface area (Å²) in [5, 5.41) is 10.5. The van der Waals surface area contributed by atoms with E-state index >= 15 is 0 Å². The second-order valence-corrected chi connectivity index (χ2v) is 4.62. The van der Waals surface area contributed by atoms with E-state index in [4.69, 9.17) is 9.84 Å². The van der Waals surface area contributed by atoms with Crippen LogP contribution >= 0.6 is 11.3 Å².